The van der Waals surface area contributed by atoms with Gasteiger partial charge in [0.1, 0.15) is 5.75 Å². The summed E-state index contributed by atoms with van der Waals surface area (Å²) in [7, 11) is 0. The number of rotatable bonds is 8. The van der Waals surface area contributed by atoms with E-state index in [0.29, 0.717) is 34.6 Å². The SMILES string of the molecule is O=C(Cc1ccc([N+](=O)[O-])cc1)Nc1ccc(OCc2noc(C3CC3)n2)cc1. The van der Waals surface area contributed by atoms with Crippen LogP contribution < -0.4 is 10.1 Å². The first-order chi connectivity index (χ1) is 14.1. The van der Waals surface area contributed by atoms with Crippen molar-refractivity contribution in [3.05, 3.63) is 75.9 Å². The van der Waals surface area contributed by atoms with Crippen LogP contribution in [-0.2, 0) is 17.8 Å². The minimum atomic E-state index is -0.474. The summed E-state index contributed by atoms with van der Waals surface area (Å²) < 4.78 is 10.8. The maximum absolute atomic E-state index is 12.2. The molecule has 0 spiro atoms. The summed E-state index contributed by atoms with van der Waals surface area (Å²) in [6, 6.07) is 12.8. The van der Waals surface area contributed by atoms with Gasteiger partial charge in [0.2, 0.25) is 17.6 Å². The molecular formula is C20H18N4O5. The number of nitrogens with zero attached hydrogens (tertiary/aromatic N) is 3. The van der Waals surface area contributed by atoms with Crippen molar-refractivity contribution >= 4 is 17.3 Å². The van der Waals surface area contributed by atoms with Gasteiger partial charge in [-0.05, 0) is 42.7 Å². The summed E-state index contributed by atoms with van der Waals surface area (Å²) in [5.74, 6) is 2.00. The third-order valence-corrected chi connectivity index (χ3v) is 4.43. The largest absolute Gasteiger partial charge is 0.485 e. The van der Waals surface area contributed by atoms with Crippen LogP contribution in [0.2, 0.25) is 0 Å². The van der Waals surface area contributed by atoms with Crippen molar-refractivity contribution in [3.63, 3.8) is 0 Å². The zero-order chi connectivity index (χ0) is 20.2. The summed E-state index contributed by atoms with van der Waals surface area (Å²) >= 11 is 0. The highest BCUT2D eigenvalue weighted by molar-refractivity contribution is 5.92. The van der Waals surface area contributed by atoms with Gasteiger partial charge in [-0.1, -0.05) is 17.3 Å². The molecule has 1 aliphatic carbocycles. The standard InChI is InChI=1S/C20H18N4O5/c25-19(11-13-1-7-16(8-2-13)24(26)27)21-15-5-9-17(10-6-15)28-12-18-22-20(29-23-18)14-3-4-14/h1-2,5-10,14H,3-4,11-12H2,(H,21,25). The first-order valence-corrected chi connectivity index (χ1v) is 9.15. The lowest BCUT2D eigenvalue weighted by molar-refractivity contribution is -0.384. The van der Waals surface area contributed by atoms with Crippen molar-refractivity contribution in [1.29, 1.82) is 0 Å². The lowest BCUT2D eigenvalue weighted by Crippen LogP contribution is -2.14. The molecular weight excluding hydrogens is 376 g/mol. The van der Waals surface area contributed by atoms with Gasteiger partial charge in [-0.15, -0.1) is 0 Å². The van der Waals surface area contributed by atoms with Gasteiger partial charge in [-0.2, -0.15) is 4.98 Å². The van der Waals surface area contributed by atoms with Gasteiger partial charge in [0, 0.05) is 23.7 Å². The van der Waals surface area contributed by atoms with Gasteiger partial charge >= 0.3 is 0 Å². The summed E-state index contributed by atoms with van der Waals surface area (Å²) in [6.07, 6.45) is 2.32. The summed E-state index contributed by atoms with van der Waals surface area (Å²) in [5.41, 5.74) is 1.31. The maximum Gasteiger partial charge on any atom is 0.269 e. The molecule has 0 radical (unpaired) electrons. The van der Waals surface area contributed by atoms with Crippen LogP contribution in [-0.4, -0.2) is 21.0 Å². The van der Waals surface area contributed by atoms with Crippen LogP contribution in [0, 0.1) is 10.1 Å². The molecule has 1 saturated carbocycles. The minimum Gasteiger partial charge on any atom is -0.485 e. The van der Waals surface area contributed by atoms with E-state index in [1.54, 1.807) is 36.4 Å². The van der Waals surface area contributed by atoms with Gasteiger partial charge in [0.25, 0.3) is 5.69 Å². The predicted molar refractivity (Wildman–Crippen MR) is 102 cm³/mol. The fourth-order valence-electron chi connectivity index (χ4n) is 2.73. The Bertz CT molecular complexity index is 1010. The molecule has 3 aromatic rings. The Morgan fingerprint density at radius 1 is 1.17 bits per heavy atom. The predicted octanol–water partition coefficient (Wildman–Crippen LogP) is 3.62. The number of hydrogen-bond acceptors (Lipinski definition) is 7. The molecule has 2 aromatic carbocycles. The van der Waals surface area contributed by atoms with E-state index in [1.807, 2.05) is 0 Å². The Hall–Kier alpha value is -3.75. The Morgan fingerprint density at radius 3 is 2.55 bits per heavy atom. The highest BCUT2D eigenvalue weighted by Gasteiger charge is 2.29. The molecule has 1 amide bonds. The zero-order valence-corrected chi connectivity index (χ0v) is 15.4. The van der Waals surface area contributed by atoms with Crippen LogP contribution in [0.4, 0.5) is 11.4 Å². The highest BCUT2D eigenvalue weighted by Crippen LogP contribution is 2.38. The van der Waals surface area contributed by atoms with E-state index in [4.69, 9.17) is 9.26 Å². The third-order valence-electron chi connectivity index (χ3n) is 4.43. The third kappa shape index (κ3) is 4.95. The minimum absolute atomic E-state index is 0.00525. The number of hydrogen-bond donors (Lipinski definition) is 1. The molecule has 1 heterocycles. The van der Waals surface area contributed by atoms with E-state index < -0.39 is 4.92 Å². The van der Waals surface area contributed by atoms with Crippen LogP contribution in [0.25, 0.3) is 0 Å². The fraction of sp³-hybridized carbons (Fsp3) is 0.250. The Labute approximate surface area is 165 Å². The van der Waals surface area contributed by atoms with E-state index in [-0.39, 0.29) is 24.6 Å². The summed E-state index contributed by atoms with van der Waals surface area (Å²) in [6.45, 7) is 0.210. The van der Waals surface area contributed by atoms with E-state index in [1.165, 1.54) is 12.1 Å². The first-order valence-electron chi connectivity index (χ1n) is 9.15. The van der Waals surface area contributed by atoms with Gasteiger partial charge in [-0.25, -0.2) is 0 Å². The molecule has 0 unspecified atom stereocenters. The molecule has 148 valence electrons. The number of amides is 1. The number of aromatic nitrogens is 2. The van der Waals surface area contributed by atoms with Crippen LogP contribution in [0.15, 0.2) is 53.1 Å². The van der Waals surface area contributed by atoms with Crippen LogP contribution in [0.1, 0.15) is 36.0 Å². The smallest absolute Gasteiger partial charge is 0.269 e. The van der Waals surface area contributed by atoms with E-state index in [2.05, 4.69) is 15.5 Å². The summed E-state index contributed by atoms with van der Waals surface area (Å²) in [5, 5.41) is 17.3. The second-order valence-electron chi connectivity index (χ2n) is 6.78. The molecule has 1 aliphatic rings. The number of nitro benzene ring substituents is 1. The Kier molecular flexibility index (Phi) is 5.19. The molecule has 0 bridgehead atoms. The normalized spacial score (nSPS) is 13.1. The fourth-order valence-corrected chi connectivity index (χ4v) is 2.73. The first kappa shape index (κ1) is 18.6. The molecule has 0 saturated heterocycles. The van der Waals surface area contributed by atoms with Gasteiger partial charge in [0.15, 0.2) is 6.61 Å². The van der Waals surface area contributed by atoms with E-state index >= 15 is 0 Å². The number of ether oxygens (including phenoxy) is 1. The Morgan fingerprint density at radius 2 is 1.90 bits per heavy atom. The van der Waals surface area contributed by atoms with Crippen LogP contribution >= 0.6 is 0 Å². The van der Waals surface area contributed by atoms with Crippen molar-refractivity contribution < 1.29 is 19.0 Å². The number of benzene rings is 2. The molecule has 1 fully saturated rings. The van der Waals surface area contributed by atoms with Gasteiger partial charge in [-0.3, -0.25) is 14.9 Å². The van der Waals surface area contributed by atoms with Crippen molar-refractivity contribution in [2.45, 2.75) is 31.8 Å². The molecule has 9 heteroatoms. The maximum atomic E-state index is 12.2. The van der Waals surface area contributed by atoms with E-state index in [0.717, 1.165) is 12.8 Å². The van der Waals surface area contributed by atoms with Gasteiger partial charge in [0.05, 0.1) is 11.3 Å². The lowest BCUT2D eigenvalue weighted by atomic mass is 10.1. The van der Waals surface area contributed by atoms with Crippen molar-refractivity contribution in [2.24, 2.45) is 0 Å². The van der Waals surface area contributed by atoms with Crippen molar-refractivity contribution in [2.75, 3.05) is 5.32 Å². The van der Waals surface area contributed by atoms with Crippen LogP contribution in [0.3, 0.4) is 0 Å². The number of anilines is 1. The monoisotopic (exact) mass is 394 g/mol. The second kappa shape index (κ2) is 8.09. The number of carbonyl (C=O) groups excluding carboxylic acids is 1. The second-order valence-corrected chi connectivity index (χ2v) is 6.78. The molecule has 1 N–H and O–H groups in total. The number of non-ortho nitro benzene ring substituents is 1. The molecule has 29 heavy (non-hydrogen) atoms. The Balaban J connectivity index is 1.26. The molecule has 1 aromatic heterocycles. The number of carbonyl (C=O) groups is 1. The quantitative estimate of drug-likeness (QED) is 0.457. The van der Waals surface area contributed by atoms with E-state index in [9.17, 15) is 14.9 Å². The highest BCUT2D eigenvalue weighted by atomic mass is 16.6. The lowest BCUT2D eigenvalue weighted by Gasteiger charge is -2.07. The van der Waals surface area contributed by atoms with Crippen molar-refractivity contribution in [1.82, 2.24) is 10.1 Å². The zero-order valence-electron chi connectivity index (χ0n) is 15.4. The van der Waals surface area contributed by atoms with Crippen molar-refractivity contribution in [3.8, 4) is 5.75 Å². The summed E-state index contributed by atoms with van der Waals surface area (Å²) in [4.78, 5) is 26.6. The van der Waals surface area contributed by atoms with Crippen LogP contribution in [0.5, 0.6) is 5.75 Å². The average Bonchev–Trinajstić information content (AvgIpc) is 3.46. The molecule has 4 rings (SSSR count). The number of nitro groups is 1. The van der Waals surface area contributed by atoms with Gasteiger partial charge < -0.3 is 14.6 Å². The topological polar surface area (TPSA) is 120 Å². The average molecular weight is 394 g/mol. The molecule has 0 atom stereocenters. The molecule has 0 aliphatic heterocycles. The number of nitrogens with one attached hydrogen (secondary N) is 1. The molecule has 9 nitrogen and oxygen atoms in total.